The summed E-state index contributed by atoms with van der Waals surface area (Å²) in [4.78, 5) is 22.2. The predicted molar refractivity (Wildman–Crippen MR) is 87.3 cm³/mol. The summed E-state index contributed by atoms with van der Waals surface area (Å²) in [5, 5.41) is 0. The Morgan fingerprint density at radius 2 is 2.04 bits per heavy atom. The minimum atomic E-state index is -0.340. The number of halogens is 1. The summed E-state index contributed by atoms with van der Waals surface area (Å²) in [5.74, 6) is 0.133. The van der Waals surface area contributed by atoms with Crippen molar-refractivity contribution in [2.75, 3.05) is 7.05 Å². The molecule has 0 aliphatic carbocycles. The average Bonchev–Trinajstić information content (AvgIpc) is 3.10. The number of nitrogens with zero attached hydrogens (tertiary/aromatic N) is 3. The van der Waals surface area contributed by atoms with Crippen molar-refractivity contribution in [3.05, 3.63) is 78.0 Å². The van der Waals surface area contributed by atoms with E-state index >= 15 is 0 Å². The molecule has 3 aromatic rings. The second-order valence-electron chi connectivity index (χ2n) is 5.35. The van der Waals surface area contributed by atoms with Gasteiger partial charge in [0, 0.05) is 13.2 Å². The number of carbonyl (C=O) groups is 1. The summed E-state index contributed by atoms with van der Waals surface area (Å²) < 4.78 is 23.5. The molecule has 0 aliphatic rings. The van der Waals surface area contributed by atoms with Gasteiger partial charge in [0.05, 0.1) is 12.2 Å². The van der Waals surface area contributed by atoms with E-state index in [0.29, 0.717) is 12.3 Å². The fourth-order valence-electron chi connectivity index (χ4n) is 2.15. The Morgan fingerprint density at radius 3 is 2.76 bits per heavy atom. The van der Waals surface area contributed by atoms with Crippen LogP contribution in [0.1, 0.15) is 22.1 Å². The van der Waals surface area contributed by atoms with Gasteiger partial charge in [0.1, 0.15) is 17.8 Å². The quantitative estimate of drug-likeness (QED) is 0.689. The molecule has 3 rings (SSSR count). The van der Waals surface area contributed by atoms with Crippen molar-refractivity contribution in [1.29, 1.82) is 0 Å². The Morgan fingerprint density at radius 1 is 1.24 bits per heavy atom. The molecule has 0 saturated carbocycles. The van der Waals surface area contributed by atoms with Crippen LogP contribution in [0, 0.1) is 5.82 Å². The van der Waals surface area contributed by atoms with Crippen LogP contribution in [0.4, 0.5) is 4.39 Å². The van der Waals surface area contributed by atoms with Gasteiger partial charge in [-0.25, -0.2) is 9.37 Å². The standard InChI is InChI=1S/C18H16FN3O3/c1-22(10-14-4-2-3-9-20-14)18(23)16-11-25-17(21-16)12-24-15-7-5-13(19)6-8-15/h2-9,11H,10,12H2,1H3. The van der Waals surface area contributed by atoms with Crippen LogP contribution in [-0.2, 0) is 13.2 Å². The molecule has 0 bridgehead atoms. The predicted octanol–water partition coefficient (Wildman–Crippen LogP) is 3.06. The van der Waals surface area contributed by atoms with Crippen LogP contribution >= 0.6 is 0 Å². The van der Waals surface area contributed by atoms with E-state index in [9.17, 15) is 9.18 Å². The molecule has 128 valence electrons. The molecule has 0 atom stereocenters. The van der Waals surface area contributed by atoms with Crippen LogP contribution in [0.25, 0.3) is 0 Å². The lowest BCUT2D eigenvalue weighted by atomic mass is 10.3. The van der Waals surface area contributed by atoms with Crippen molar-refractivity contribution in [3.63, 3.8) is 0 Å². The lowest BCUT2D eigenvalue weighted by molar-refractivity contribution is 0.0777. The van der Waals surface area contributed by atoms with Crippen molar-refractivity contribution in [1.82, 2.24) is 14.9 Å². The van der Waals surface area contributed by atoms with E-state index in [0.717, 1.165) is 5.69 Å². The first-order valence-electron chi connectivity index (χ1n) is 7.60. The summed E-state index contributed by atoms with van der Waals surface area (Å²) in [6.07, 6.45) is 2.97. The van der Waals surface area contributed by atoms with Crippen LogP contribution in [-0.4, -0.2) is 27.8 Å². The molecule has 0 N–H and O–H groups in total. The van der Waals surface area contributed by atoms with Crippen LogP contribution in [0.15, 0.2) is 59.3 Å². The second kappa shape index (κ2) is 7.57. The Kier molecular flexibility index (Phi) is 5.03. The van der Waals surface area contributed by atoms with E-state index in [1.54, 1.807) is 13.2 Å². The summed E-state index contributed by atoms with van der Waals surface area (Å²) >= 11 is 0. The largest absolute Gasteiger partial charge is 0.484 e. The zero-order valence-corrected chi connectivity index (χ0v) is 13.6. The summed E-state index contributed by atoms with van der Waals surface area (Å²) in [6.45, 7) is 0.414. The number of amides is 1. The number of pyridine rings is 1. The van der Waals surface area contributed by atoms with E-state index in [-0.39, 0.29) is 29.9 Å². The third-order valence-corrected chi connectivity index (χ3v) is 3.42. The highest BCUT2D eigenvalue weighted by atomic mass is 19.1. The molecule has 2 heterocycles. The Balaban J connectivity index is 1.58. The molecule has 2 aromatic heterocycles. The highest BCUT2D eigenvalue weighted by molar-refractivity contribution is 5.91. The van der Waals surface area contributed by atoms with Crippen LogP contribution in [0.3, 0.4) is 0 Å². The molecule has 25 heavy (non-hydrogen) atoms. The number of oxazole rings is 1. The highest BCUT2D eigenvalue weighted by Gasteiger charge is 2.17. The lowest BCUT2D eigenvalue weighted by Crippen LogP contribution is -2.26. The normalized spacial score (nSPS) is 10.5. The van der Waals surface area contributed by atoms with Gasteiger partial charge in [-0.1, -0.05) is 6.07 Å². The van der Waals surface area contributed by atoms with Crippen molar-refractivity contribution in [3.8, 4) is 5.75 Å². The van der Waals surface area contributed by atoms with Gasteiger partial charge in [-0.3, -0.25) is 9.78 Å². The smallest absolute Gasteiger partial charge is 0.275 e. The fraction of sp³-hybridized carbons (Fsp3) is 0.167. The SMILES string of the molecule is CN(Cc1ccccn1)C(=O)c1coc(COc2ccc(F)cc2)n1. The second-order valence-corrected chi connectivity index (χ2v) is 5.35. The number of carbonyl (C=O) groups excluding carboxylic acids is 1. The summed E-state index contributed by atoms with van der Waals surface area (Å²) in [6, 6.07) is 11.1. The van der Waals surface area contributed by atoms with Crippen LogP contribution < -0.4 is 4.74 Å². The monoisotopic (exact) mass is 341 g/mol. The number of aromatic nitrogens is 2. The van der Waals surface area contributed by atoms with Crippen molar-refractivity contribution in [2.45, 2.75) is 13.2 Å². The van der Waals surface area contributed by atoms with E-state index in [1.807, 2.05) is 18.2 Å². The van der Waals surface area contributed by atoms with Gasteiger partial charge in [-0.2, -0.15) is 0 Å². The minimum absolute atomic E-state index is 0.0445. The lowest BCUT2D eigenvalue weighted by Gasteiger charge is -2.14. The summed E-state index contributed by atoms with van der Waals surface area (Å²) in [7, 11) is 1.67. The summed E-state index contributed by atoms with van der Waals surface area (Å²) in [5.41, 5.74) is 0.970. The Hall–Kier alpha value is -3.22. The molecular weight excluding hydrogens is 325 g/mol. The van der Waals surface area contributed by atoms with Gasteiger partial charge in [0.15, 0.2) is 12.3 Å². The topological polar surface area (TPSA) is 68.5 Å². The third kappa shape index (κ3) is 4.41. The minimum Gasteiger partial charge on any atom is -0.484 e. The van der Waals surface area contributed by atoms with Gasteiger partial charge in [0.25, 0.3) is 5.91 Å². The zero-order chi connectivity index (χ0) is 17.6. The Labute approximate surface area is 143 Å². The Bertz CT molecular complexity index is 834. The van der Waals surface area contributed by atoms with Crippen LogP contribution in [0.2, 0.25) is 0 Å². The maximum Gasteiger partial charge on any atom is 0.275 e. The number of benzene rings is 1. The number of hydrogen-bond donors (Lipinski definition) is 0. The van der Waals surface area contributed by atoms with E-state index < -0.39 is 0 Å². The average molecular weight is 341 g/mol. The molecule has 0 aliphatic heterocycles. The molecular formula is C18H16FN3O3. The first-order valence-corrected chi connectivity index (χ1v) is 7.60. The molecule has 0 radical (unpaired) electrons. The molecule has 0 fully saturated rings. The first-order chi connectivity index (χ1) is 12.1. The first kappa shape index (κ1) is 16.6. The maximum atomic E-state index is 12.8. The molecule has 0 saturated heterocycles. The van der Waals surface area contributed by atoms with Crippen LogP contribution in [0.5, 0.6) is 5.75 Å². The zero-order valence-electron chi connectivity index (χ0n) is 13.6. The number of rotatable bonds is 6. The van der Waals surface area contributed by atoms with Gasteiger partial charge in [-0.05, 0) is 36.4 Å². The highest BCUT2D eigenvalue weighted by Crippen LogP contribution is 2.14. The van der Waals surface area contributed by atoms with Gasteiger partial charge < -0.3 is 14.1 Å². The molecule has 7 heteroatoms. The molecule has 0 unspecified atom stereocenters. The van der Waals surface area contributed by atoms with Crippen molar-refractivity contribution in [2.24, 2.45) is 0 Å². The molecule has 1 amide bonds. The van der Waals surface area contributed by atoms with Gasteiger partial charge >= 0.3 is 0 Å². The van der Waals surface area contributed by atoms with Gasteiger partial charge in [0.2, 0.25) is 5.89 Å². The van der Waals surface area contributed by atoms with E-state index in [4.69, 9.17) is 9.15 Å². The third-order valence-electron chi connectivity index (χ3n) is 3.42. The number of ether oxygens (including phenoxy) is 1. The number of hydrogen-bond acceptors (Lipinski definition) is 5. The fourth-order valence-corrected chi connectivity index (χ4v) is 2.15. The van der Waals surface area contributed by atoms with Crippen molar-refractivity contribution >= 4 is 5.91 Å². The van der Waals surface area contributed by atoms with E-state index in [2.05, 4.69) is 9.97 Å². The molecule has 0 spiro atoms. The van der Waals surface area contributed by atoms with Gasteiger partial charge in [-0.15, -0.1) is 0 Å². The molecule has 6 nitrogen and oxygen atoms in total. The maximum absolute atomic E-state index is 12.8. The van der Waals surface area contributed by atoms with Crippen molar-refractivity contribution < 1.29 is 18.3 Å². The van der Waals surface area contributed by atoms with E-state index in [1.165, 1.54) is 35.4 Å². The molecule has 1 aromatic carbocycles.